The molecule has 1 amide bonds. The zero-order valence-corrected chi connectivity index (χ0v) is 22.1. The molecule has 0 bridgehead atoms. The number of aliphatic hydroxyl groups excluding tert-OH is 1. The maximum Gasteiger partial charge on any atom is 0.302 e. The second kappa shape index (κ2) is 10.5. The minimum atomic E-state index is -0.922. The quantitative estimate of drug-likeness (QED) is 0.181. The average molecular weight is 528 g/mol. The summed E-state index contributed by atoms with van der Waals surface area (Å²) in [6.07, 6.45) is 0.823. The summed E-state index contributed by atoms with van der Waals surface area (Å²) in [5, 5.41) is 11.5. The van der Waals surface area contributed by atoms with E-state index in [1.165, 1.54) is 19.1 Å². The van der Waals surface area contributed by atoms with Crippen molar-refractivity contribution in [1.82, 2.24) is 9.97 Å². The molecule has 1 fully saturated rings. The second-order valence-corrected chi connectivity index (χ2v) is 9.24. The van der Waals surface area contributed by atoms with E-state index in [9.17, 15) is 14.7 Å². The molecule has 0 aliphatic carbocycles. The SMILES string of the molecule is CCCOc1cccc(/C(O)=C2\C(=O)C(=O)N(c3nc4cc(OC)c(OC)cc4[nH]3)C2c2cccc(C)c2)c1. The predicted octanol–water partition coefficient (Wildman–Crippen LogP) is 5.30. The average Bonchev–Trinajstić information content (AvgIpc) is 3.47. The highest BCUT2D eigenvalue weighted by atomic mass is 16.5. The van der Waals surface area contributed by atoms with Crippen molar-refractivity contribution in [2.75, 3.05) is 25.7 Å². The molecular weight excluding hydrogens is 498 g/mol. The molecule has 1 saturated heterocycles. The Labute approximate surface area is 225 Å². The summed E-state index contributed by atoms with van der Waals surface area (Å²) >= 11 is 0. The predicted molar refractivity (Wildman–Crippen MR) is 147 cm³/mol. The zero-order valence-electron chi connectivity index (χ0n) is 22.1. The number of anilines is 1. The monoisotopic (exact) mass is 527 g/mol. The molecule has 200 valence electrons. The molecule has 5 rings (SSSR count). The van der Waals surface area contributed by atoms with E-state index in [-0.39, 0.29) is 17.3 Å². The minimum Gasteiger partial charge on any atom is -0.507 e. The number of aromatic nitrogens is 2. The van der Waals surface area contributed by atoms with E-state index in [0.29, 0.717) is 46.0 Å². The van der Waals surface area contributed by atoms with Crippen molar-refractivity contribution in [2.24, 2.45) is 0 Å². The van der Waals surface area contributed by atoms with E-state index >= 15 is 0 Å². The molecule has 0 spiro atoms. The third-order valence-corrected chi connectivity index (χ3v) is 6.59. The molecule has 9 nitrogen and oxygen atoms in total. The number of ether oxygens (including phenoxy) is 3. The lowest BCUT2D eigenvalue weighted by atomic mass is 9.94. The number of fused-ring (bicyclic) bond motifs is 1. The highest BCUT2D eigenvalue weighted by Crippen LogP contribution is 2.43. The van der Waals surface area contributed by atoms with Crippen molar-refractivity contribution < 1.29 is 28.9 Å². The lowest BCUT2D eigenvalue weighted by Crippen LogP contribution is -2.30. The van der Waals surface area contributed by atoms with E-state index in [1.807, 2.05) is 38.1 Å². The third-order valence-electron chi connectivity index (χ3n) is 6.59. The van der Waals surface area contributed by atoms with E-state index in [2.05, 4.69) is 9.97 Å². The van der Waals surface area contributed by atoms with Gasteiger partial charge in [0, 0.05) is 17.7 Å². The maximum absolute atomic E-state index is 13.5. The van der Waals surface area contributed by atoms with Crippen LogP contribution in [0.1, 0.15) is 36.1 Å². The molecule has 9 heteroatoms. The Hall–Kier alpha value is -4.79. The number of rotatable bonds is 8. The van der Waals surface area contributed by atoms with Crippen molar-refractivity contribution in [2.45, 2.75) is 26.3 Å². The van der Waals surface area contributed by atoms with Gasteiger partial charge in [-0.05, 0) is 31.0 Å². The highest BCUT2D eigenvalue weighted by Gasteiger charge is 2.48. The first-order chi connectivity index (χ1) is 18.9. The van der Waals surface area contributed by atoms with Gasteiger partial charge in [0.05, 0.1) is 43.5 Å². The lowest BCUT2D eigenvalue weighted by Gasteiger charge is -2.23. The first-order valence-electron chi connectivity index (χ1n) is 12.6. The van der Waals surface area contributed by atoms with Crippen LogP contribution in [-0.4, -0.2) is 47.6 Å². The summed E-state index contributed by atoms with van der Waals surface area (Å²) in [4.78, 5) is 36.1. The number of nitrogens with zero attached hydrogens (tertiary/aromatic N) is 2. The number of ketones is 1. The minimum absolute atomic E-state index is 0.0335. The number of carbonyl (C=O) groups is 2. The maximum atomic E-state index is 13.5. The molecule has 1 aliphatic rings. The largest absolute Gasteiger partial charge is 0.507 e. The van der Waals surface area contributed by atoms with Crippen molar-refractivity contribution >= 4 is 34.4 Å². The van der Waals surface area contributed by atoms with Gasteiger partial charge in [0.15, 0.2) is 11.5 Å². The van der Waals surface area contributed by atoms with Gasteiger partial charge in [0.2, 0.25) is 5.95 Å². The number of methoxy groups -OCH3 is 2. The number of nitrogens with one attached hydrogen (secondary N) is 1. The Balaban J connectivity index is 1.69. The number of imidazole rings is 1. The molecule has 0 radical (unpaired) electrons. The highest BCUT2D eigenvalue weighted by molar-refractivity contribution is 6.51. The van der Waals surface area contributed by atoms with Gasteiger partial charge in [-0.25, -0.2) is 4.98 Å². The number of Topliss-reactive ketones (excluding diaryl/α,β-unsaturated/α-hetero) is 1. The first-order valence-corrected chi connectivity index (χ1v) is 12.6. The van der Waals surface area contributed by atoms with E-state index in [1.54, 1.807) is 36.4 Å². The Morgan fingerprint density at radius 2 is 1.77 bits per heavy atom. The molecule has 2 N–H and O–H groups in total. The molecule has 1 atom stereocenters. The molecule has 3 aromatic carbocycles. The van der Waals surface area contributed by atoms with Crippen LogP contribution in [0.25, 0.3) is 16.8 Å². The van der Waals surface area contributed by atoms with Crippen LogP contribution in [0.15, 0.2) is 66.2 Å². The van der Waals surface area contributed by atoms with Gasteiger partial charge >= 0.3 is 5.91 Å². The van der Waals surface area contributed by atoms with Crippen molar-refractivity contribution in [3.05, 3.63) is 82.9 Å². The number of amides is 1. The van der Waals surface area contributed by atoms with E-state index < -0.39 is 17.7 Å². The smallest absolute Gasteiger partial charge is 0.302 e. The number of hydrogen-bond donors (Lipinski definition) is 2. The number of aromatic amines is 1. The van der Waals surface area contributed by atoms with Gasteiger partial charge < -0.3 is 24.3 Å². The van der Waals surface area contributed by atoms with E-state index in [4.69, 9.17) is 14.2 Å². The molecule has 1 aromatic heterocycles. The third kappa shape index (κ3) is 4.67. The van der Waals surface area contributed by atoms with Crippen LogP contribution in [-0.2, 0) is 9.59 Å². The lowest BCUT2D eigenvalue weighted by molar-refractivity contribution is -0.132. The zero-order chi connectivity index (χ0) is 27.7. The van der Waals surface area contributed by atoms with Gasteiger partial charge in [-0.3, -0.25) is 14.5 Å². The fourth-order valence-electron chi connectivity index (χ4n) is 4.75. The summed E-state index contributed by atoms with van der Waals surface area (Å²) in [6, 6.07) is 16.8. The summed E-state index contributed by atoms with van der Waals surface area (Å²) in [5.74, 6) is -0.221. The van der Waals surface area contributed by atoms with Crippen LogP contribution in [0.4, 0.5) is 5.95 Å². The summed E-state index contributed by atoms with van der Waals surface area (Å²) < 4.78 is 16.5. The number of aliphatic hydroxyl groups is 1. The second-order valence-electron chi connectivity index (χ2n) is 9.24. The van der Waals surface area contributed by atoms with Gasteiger partial charge in [-0.1, -0.05) is 48.9 Å². The van der Waals surface area contributed by atoms with Crippen LogP contribution in [0.3, 0.4) is 0 Å². The van der Waals surface area contributed by atoms with Crippen LogP contribution in [0, 0.1) is 6.92 Å². The van der Waals surface area contributed by atoms with Crippen LogP contribution < -0.4 is 19.1 Å². The number of H-pyrrole nitrogens is 1. The molecule has 1 unspecified atom stereocenters. The Morgan fingerprint density at radius 3 is 2.49 bits per heavy atom. The molecular formula is C30H29N3O6. The van der Waals surface area contributed by atoms with Crippen LogP contribution in [0.5, 0.6) is 17.2 Å². The molecule has 0 saturated carbocycles. The molecule has 4 aromatic rings. The molecule has 2 heterocycles. The Bertz CT molecular complexity index is 1560. The number of carbonyl (C=O) groups excluding carboxylic acids is 2. The Kier molecular flexibility index (Phi) is 6.98. The van der Waals surface area contributed by atoms with Crippen molar-refractivity contribution in [3.8, 4) is 17.2 Å². The van der Waals surface area contributed by atoms with Crippen LogP contribution >= 0.6 is 0 Å². The molecule has 1 aliphatic heterocycles. The van der Waals surface area contributed by atoms with E-state index in [0.717, 1.165) is 12.0 Å². The van der Waals surface area contributed by atoms with Gasteiger partial charge in [0.25, 0.3) is 5.78 Å². The van der Waals surface area contributed by atoms with Gasteiger partial charge in [0.1, 0.15) is 11.5 Å². The number of benzene rings is 3. The van der Waals surface area contributed by atoms with Gasteiger partial charge in [-0.15, -0.1) is 0 Å². The summed E-state index contributed by atoms with van der Waals surface area (Å²) in [7, 11) is 3.05. The van der Waals surface area contributed by atoms with Crippen LogP contribution in [0.2, 0.25) is 0 Å². The fraction of sp³-hybridized carbons (Fsp3) is 0.233. The standard InChI is InChI=1S/C30H29N3O6/c1-5-12-39-20-11-7-10-19(14-20)27(34)25-26(18-9-6-8-17(2)13-18)33(29(36)28(25)35)30-31-21-15-23(37-3)24(38-4)16-22(21)32-30/h6-11,13-16,26,34H,5,12H2,1-4H3,(H,31,32)/b27-25+. The Morgan fingerprint density at radius 1 is 1.03 bits per heavy atom. The van der Waals surface area contributed by atoms with Crippen molar-refractivity contribution in [1.29, 1.82) is 0 Å². The number of hydrogen-bond acceptors (Lipinski definition) is 7. The fourth-order valence-corrected chi connectivity index (χ4v) is 4.75. The van der Waals surface area contributed by atoms with Gasteiger partial charge in [-0.2, -0.15) is 0 Å². The summed E-state index contributed by atoms with van der Waals surface area (Å²) in [6.45, 7) is 4.43. The normalized spacial score (nSPS) is 16.6. The topological polar surface area (TPSA) is 114 Å². The number of aryl methyl sites for hydroxylation is 1. The van der Waals surface area contributed by atoms with Crippen molar-refractivity contribution in [3.63, 3.8) is 0 Å². The summed E-state index contributed by atoms with van der Waals surface area (Å²) in [5.41, 5.74) is 3.05. The first kappa shape index (κ1) is 25.8. The molecule has 39 heavy (non-hydrogen) atoms.